The Kier molecular flexibility index (Phi) is 4.69. The molecule has 3 nitrogen and oxygen atoms in total. The van der Waals surface area contributed by atoms with Gasteiger partial charge in [-0.1, -0.05) is 24.3 Å². The number of halogens is 5. The minimum absolute atomic E-state index is 0.0601. The average Bonchev–Trinajstić information content (AvgIpc) is 2.46. The van der Waals surface area contributed by atoms with E-state index in [-0.39, 0.29) is 22.4 Å². The van der Waals surface area contributed by atoms with Crippen LogP contribution in [0.3, 0.4) is 0 Å². The molecular weight excluding hydrogens is 321 g/mol. The van der Waals surface area contributed by atoms with Gasteiger partial charge in [-0.2, -0.15) is 14.0 Å². The molecule has 0 unspecified atom stereocenters. The van der Waals surface area contributed by atoms with Crippen molar-refractivity contribution in [2.75, 3.05) is 0 Å². The molecule has 0 aliphatic carbocycles. The number of hydrogen-bond donors (Lipinski definition) is 0. The Balaban J connectivity index is 2.45. The summed E-state index contributed by atoms with van der Waals surface area (Å²) in [6, 6.07) is 10.4. The van der Waals surface area contributed by atoms with Gasteiger partial charge in [0.2, 0.25) is 0 Å². The largest absolute Gasteiger partial charge is 0.573 e. The molecule has 0 aliphatic rings. The molecule has 2 rings (SSSR count). The van der Waals surface area contributed by atoms with Gasteiger partial charge in [-0.3, -0.25) is 0 Å². The second-order valence-electron chi connectivity index (χ2n) is 4.25. The molecule has 2 aromatic rings. The summed E-state index contributed by atoms with van der Waals surface area (Å²) in [5.41, 5.74) is 0.0255. The Labute approximate surface area is 127 Å². The van der Waals surface area contributed by atoms with Crippen molar-refractivity contribution in [1.29, 1.82) is 5.26 Å². The number of nitriles is 1. The van der Waals surface area contributed by atoms with E-state index in [1.807, 2.05) is 0 Å². The third kappa shape index (κ3) is 4.32. The summed E-state index contributed by atoms with van der Waals surface area (Å²) in [6.45, 7) is -3.12. The van der Waals surface area contributed by atoms with Crippen LogP contribution in [0.1, 0.15) is 5.56 Å². The second-order valence-corrected chi connectivity index (χ2v) is 4.25. The highest BCUT2D eigenvalue weighted by Crippen LogP contribution is 2.35. The van der Waals surface area contributed by atoms with Gasteiger partial charge in [-0.15, -0.1) is 13.2 Å². The van der Waals surface area contributed by atoms with Gasteiger partial charge >= 0.3 is 13.0 Å². The predicted molar refractivity (Wildman–Crippen MR) is 69.9 cm³/mol. The number of para-hydroxylation sites is 1. The van der Waals surface area contributed by atoms with Crippen molar-refractivity contribution in [3.05, 3.63) is 48.0 Å². The highest BCUT2D eigenvalue weighted by Gasteiger charge is 2.32. The first-order valence-corrected chi connectivity index (χ1v) is 6.14. The maximum Gasteiger partial charge on any atom is 0.573 e. The average molecular weight is 329 g/mol. The van der Waals surface area contributed by atoms with Crippen LogP contribution in [-0.2, 0) is 0 Å². The minimum atomic E-state index is -4.88. The first-order chi connectivity index (χ1) is 10.8. The molecule has 0 saturated heterocycles. The van der Waals surface area contributed by atoms with Crippen LogP contribution in [-0.4, -0.2) is 13.0 Å². The lowest BCUT2D eigenvalue weighted by Crippen LogP contribution is -2.17. The Morgan fingerprint density at radius 2 is 1.70 bits per heavy atom. The van der Waals surface area contributed by atoms with E-state index in [2.05, 4.69) is 9.47 Å². The highest BCUT2D eigenvalue weighted by molar-refractivity contribution is 5.72. The van der Waals surface area contributed by atoms with Crippen LogP contribution < -0.4 is 9.47 Å². The quantitative estimate of drug-likeness (QED) is 0.762. The zero-order valence-corrected chi connectivity index (χ0v) is 11.3. The van der Waals surface area contributed by atoms with E-state index in [0.717, 1.165) is 18.2 Å². The van der Waals surface area contributed by atoms with Crippen molar-refractivity contribution in [3.8, 4) is 28.7 Å². The molecule has 0 aliphatic heterocycles. The molecule has 0 atom stereocenters. The summed E-state index contributed by atoms with van der Waals surface area (Å²) in [5.74, 6) is -0.827. The van der Waals surface area contributed by atoms with Crippen LogP contribution in [0.2, 0.25) is 0 Å². The van der Waals surface area contributed by atoms with Crippen LogP contribution in [0.5, 0.6) is 11.5 Å². The van der Waals surface area contributed by atoms with E-state index in [0.29, 0.717) is 0 Å². The number of rotatable bonds is 4. The van der Waals surface area contributed by atoms with E-state index in [1.54, 1.807) is 6.07 Å². The smallest absolute Gasteiger partial charge is 0.433 e. The zero-order chi connectivity index (χ0) is 17.0. The van der Waals surface area contributed by atoms with E-state index in [1.165, 1.54) is 24.3 Å². The third-order valence-electron chi connectivity index (χ3n) is 2.74. The second kappa shape index (κ2) is 6.52. The van der Waals surface area contributed by atoms with Crippen molar-refractivity contribution in [2.24, 2.45) is 0 Å². The normalized spacial score (nSPS) is 11.2. The molecule has 0 N–H and O–H groups in total. The number of ether oxygens (including phenoxy) is 2. The van der Waals surface area contributed by atoms with Gasteiger partial charge in [0, 0.05) is 5.56 Å². The molecule has 0 aromatic heterocycles. The summed E-state index contributed by atoms with van der Waals surface area (Å²) in [7, 11) is 0. The van der Waals surface area contributed by atoms with E-state index in [4.69, 9.17) is 5.26 Å². The van der Waals surface area contributed by atoms with Crippen LogP contribution in [0.15, 0.2) is 42.5 Å². The molecule has 0 saturated carbocycles. The van der Waals surface area contributed by atoms with Crippen LogP contribution in [0, 0.1) is 11.3 Å². The van der Waals surface area contributed by atoms with Gasteiger partial charge < -0.3 is 9.47 Å². The van der Waals surface area contributed by atoms with Gasteiger partial charge in [0.05, 0.1) is 5.56 Å². The molecule has 0 radical (unpaired) electrons. The van der Waals surface area contributed by atoms with Crippen molar-refractivity contribution < 1.29 is 31.4 Å². The summed E-state index contributed by atoms with van der Waals surface area (Å²) < 4.78 is 69.8. The third-order valence-corrected chi connectivity index (χ3v) is 2.74. The monoisotopic (exact) mass is 329 g/mol. The Hall–Kier alpha value is -2.82. The summed E-state index contributed by atoms with van der Waals surface area (Å²) in [6.07, 6.45) is -4.88. The first kappa shape index (κ1) is 16.5. The molecule has 120 valence electrons. The van der Waals surface area contributed by atoms with E-state index >= 15 is 0 Å². The molecule has 2 aromatic carbocycles. The van der Waals surface area contributed by atoms with Crippen molar-refractivity contribution >= 4 is 0 Å². The van der Waals surface area contributed by atoms with Gasteiger partial charge in [0.1, 0.15) is 17.6 Å². The van der Waals surface area contributed by atoms with Gasteiger partial charge in [-0.25, -0.2) is 0 Å². The van der Waals surface area contributed by atoms with Crippen LogP contribution in [0.4, 0.5) is 22.0 Å². The number of hydrogen-bond acceptors (Lipinski definition) is 3. The van der Waals surface area contributed by atoms with Gasteiger partial charge in [-0.05, 0) is 23.8 Å². The molecule has 23 heavy (non-hydrogen) atoms. The SMILES string of the molecule is N#Cc1cc(-c2ccccc2OC(F)(F)F)ccc1OC(F)F. The minimum Gasteiger partial charge on any atom is -0.433 e. The van der Waals surface area contributed by atoms with Crippen molar-refractivity contribution in [1.82, 2.24) is 0 Å². The molecule has 0 spiro atoms. The number of alkyl halides is 5. The molecule has 8 heteroatoms. The number of nitrogens with zero attached hydrogens (tertiary/aromatic N) is 1. The van der Waals surface area contributed by atoms with Crippen molar-refractivity contribution in [3.63, 3.8) is 0 Å². The fraction of sp³-hybridized carbons (Fsp3) is 0.133. The fourth-order valence-corrected chi connectivity index (χ4v) is 1.90. The standard InChI is InChI=1S/C15H8F5NO2/c16-14(17)22-12-6-5-9(7-10(12)8-21)11-3-1-2-4-13(11)23-15(18,19)20/h1-7,14H. The highest BCUT2D eigenvalue weighted by atomic mass is 19.4. The molecular formula is C15H8F5NO2. The van der Waals surface area contributed by atoms with E-state index < -0.39 is 18.7 Å². The van der Waals surface area contributed by atoms with Crippen LogP contribution >= 0.6 is 0 Å². The fourth-order valence-electron chi connectivity index (χ4n) is 1.90. The molecule has 0 fully saturated rings. The van der Waals surface area contributed by atoms with Gasteiger partial charge in [0.15, 0.2) is 0 Å². The predicted octanol–water partition coefficient (Wildman–Crippen LogP) is 4.73. The zero-order valence-electron chi connectivity index (χ0n) is 11.3. The summed E-state index contributed by atoms with van der Waals surface area (Å²) in [4.78, 5) is 0. The lowest BCUT2D eigenvalue weighted by molar-refractivity contribution is -0.274. The molecule has 0 heterocycles. The summed E-state index contributed by atoms with van der Waals surface area (Å²) >= 11 is 0. The topological polar surface area (TPSA) is 42.2 Å². The van der Waals surface area contributed by atoms with Crippen molar-refractivity contribution in [2.45, 2.75) is 13.0 Å². The summed E-state index contributed by atoms with van der Waals surface area (Å²) in [5, 5.41) is 8.97. The lowest BCUT2D eigenvalue weighted by atomic mass is 10.0. The first-order valence-electron chi connectivity index (χ1n) is 6.14. The number of benzene rings is 2. The maximum atomic E-state index is 12.4. The maximum absolute atomic E-state index is 12.4. The molecule has 0 amide bonds. The Morgan fingerprint density at radius 3 is 2.30 bits per heavy atom. The van der Waals surface area contributed by atoms with E-state index in [9.17, 15) is 22.0 Å². The lowest BCUT2D eigenvalue weighted by Gasteiger charge is -2.14. The Bertz CT molecular complexity index is 737. The molecule has 0 bridgehead atoms. The Morgan fingerprint density at radius 1 is 1.00 bits per heavy atom. The van der Waals surface area contributed by atoms with Gasteiger partial charge in [0.25, 0.3) is 0 Å². The van der Waals surface area contributed by atoms with Crippen LogP contribution in [0.25, 0.3) is 11.1 Å².